The second-order valence-corrected chi connectivity index (χ2v) is 7.67. The number of thioether (sulfide) groups is 1. The van der Waals surface area contributed by atoms with Crippen LogP contribution >= 0.6 is 11.8 Å². The molecule has 0 amide bonds. The lowest BCUT2D eigenvalue weighted by Gasteiger charge is -2.13. The van der Waals surface area contributed by atoms with E-state index < -0.39 is 6.10 Å². The summed E-state index contributed by atoms with van der Waals surface area (Å²) in [5, 5.41) is 19.7. The molecule has 1 saturated carbocycles. The highest BCUT2D eigenvalue weighted by molar-refractivity contribution is 7.99. The first-order chi connectivity index (χ1) is 13.7. The lowest BCUT2D eigenvalue weighted by Crippen LogP contribution is -2.18. The standard InChI is InChI=1S/C20H27N3O4S/c1-4-9-23-19(15-6-7-15)21-22-20(23)28-13-16(24)12-27-11-14-5-8-17(25-2)18(10-14)26-3/h4-5,8,10,15-16,24H,1,6-7,9,11-13H2,2-3H3. The van der Waals surface area contributed by atoms with Crippen molar-refractivity contribution in [3.8, 4) is 11.5 Å². The monoisotopic (exact) mass is 405 g/mol. The predicted molar refractivity (Wildman–Crippen MR) is 108 cm³/mol. The fourth-order valence-corrected chi connectivity index (χ4v) is 3.71. The molecule has 0 radical (unpaired) electrons. The van der Waals surface area contributed by atoms with Crippen LogP contribution < -0.4 is 9.47 Å². The Morgan fingerprint density at radius 3 is 2.75 bits per heavy atom. The molecular weight excluding hydrogens is 378 g/mol. The highest BCUT2D eigenvalue weighted by Gasteiger charge is 2.30. The first-order valence-electron chi connectivity index (χ1n) is 9.29. The van der Waals surface area contributed by atoms with Gasteiger partial charge in [0.2, 0.25) is 0 Å². The first kappa shape index (κ1) is 20.7. The van der Waals surface area contributed by atoms with Crippen LogP contribution in [0.25, 0.3) is 0 Å². The van der Waals surface area contributed by atoms with Crippen molar-refractivity contribution in [2.75, 3.05) is 26.6 Å². The van der Waals surface area contributed by atoms with Crippen LogP contribution in [-0.4, -0.2) is 52.6 Å². The molecule has 152 valence electrons. The van der Waals surface area contributed by atoms with Crippen LogP contribution in [0, 0.1) is 0 Å². The largest absolute Gasteiger partial charge is 0.493 e. The third-order valence-electron chi connectivity index (χ3n) is 4.43. The Balaban J connectivity index is 1.46. The lowest BCUT2D eigenvalue weighted by atomic mass is 10.2. The van der Waals surface area contributed by atoms with Crippen LogP contribution in [-0.2, 0) is 17.9 Å². The van der Waals surface area contributed by atoms with E-state index in [2.05, 4.69) is 21.3 Å². The van der Waals surface area contributed by atoms with E-state index in [1.54, 1.807) is 14.2 Å². The molecule has 0 aliphatic heterocycles. The number of methoxy groups -OCH3 is 2. The molecule has 1 N–H and O–H groups in total. The Labute approximate surface area is 169 Å². The number of aliphatic hydroxyl groups is 1. The number of aliphatic hydroxyl groups excluding tert-OH is 1. The summed E-state index contributed by atoms with van der Waals surface area (Å²) in [6, 6.07) is 5.63. The average molecular weight is 406 g/mol. The topological polar surface area (TPSA) is 78.6 Å². The van der Waals surface area contributed by atoms with Crippen molar-refractivity contribution in [3.05, 3.63) is 42.2 Å². The quantitative estimate of drug-likeness (QED) is 0.429. The summed E-state index contributed by atoms with van der Waals surface area (Å²) < 4.78 is 18.3. The maximum Gasteiger partial charge on any atom is 0.191 e. The second-order valence-electron chi connectivity index (χ2n) is 6.68. The van der Waals surface area contributed by atoms with Gasteiger partial charge >= 0.3 is 0 Å². The molecule has 3 rings (SSSR count). The second kappa shape index (κ2) is 9.95. The van der Waals surface area contributed by atoms with E-state index in [1.165, 1.54) is 24.6 Å². The predicted octanol–water partition coefficient (Wildman–Crippen LogP) is 3.03. The molecular formula is C20H27N3O4S. The molecule has 0 bridgehead atoms. The molecule has 1 aromatic carbocycles. The molecule has 28 heavy (non-hydrogen) atoms. The maximum absolute atomic E-state index is 10.3. The van der Waals surface area contributed by atoms with E-state index in [-0.39, 0.29) is 6.61 Å². The Morgan fingerprint density at radius 2 is 2.07 bits per heavy atom. The zero-order valence-corrected chi connectivity index (χ0v) is 17.2. The molecule has 2 aromatic rings. The van der Waals surface area contributed by atoms with Gasteiger partial charge in [-0.3, -0.25) is 0 Å². The maximum atomic E-state index is 10.3. The van der Waals surface area contributed by atoms with Crippen molar-refractivity contribution in [2.24, 2.45) is 0 Å². The minimum atomic E-state index is -0.594. The molecule has 0 spiro atoms. The van der Waals surface area contributed by atoms with Crippen LogP contribution in [0.3, 0.4) is 0 Å². The summed E-state index contributed by atoms with van der Waals surface area (Å²) >= 11 is 1.49. The molecule has 8 heteroatoms. The zero-order valence-electron chi connectivity index (χ0n) is 16.3. The van der Waals surface area contributed by atoms with Crippen molar-refractivity contribution in [1.29, 1.82) is 0 Å². The summed E-state index contributed by atoms with van der Waals surface area (Å²) in [5.74, 6) is 3.38. The number of hydrogen-bond donors (Lipinski definition) is 1. The van der Waals surface area contributed by atoms with Gasteiger partial charge in [-0.2, -0.15) is 0 Å². The molecule has 0 saturated heterocycles. The van der Waals surface area contributed by atoms with E-state index in [4.69, 9.17) is 14.2 Å². The molecule has 1 aliphatic carbocycles. The van der Waals surface area contributed by atoms with Gasteiger partial charge in [-0.1, -0.05) is 23.9 Å². The molecule has 1 aliphatic rings. The highest BCUT2D eigenvalue weighted by atomic mass is 32.2. The SMILES string of the molecule is C=CCn1c(SCC(O)COCc2ccc(OC)c(OC)c2)nnc1C1CC1. The van der Waals surface area contributed by atoms with E-state index >= 15 is 0 Å². The van der Waals surface area contributed by atoms with Gasteiger partial charge in [0.25, 0.3) is 0 Å². The minimum absolute atomic E-state index is 0.242. The number of benzene rings is 1. The van der Waals surface area contributed by atoms with E-state index in [1.807, 2.05) is 24.3 Å². The Bertz CT molecular complexity index is 792. The number of ether oxygens (including phenoxy) is 3. The van der Waals surface area contributed by atoms with Gasteiger partial charge in [0.15, 0.2) is 16.7 Å². The molecule has 1 aromatic heterocycles. The van der Waals surface area contributed by atoms with Crippen molar-refractivity contribution >= 4 is 11.8 Å². The van der Waals surface area contributed by atoms with Crippen molar-refractivity contribution in [1.82, 2.24) is 14.8 Å². The van der Waals surface area contributed by atoms with Gasteiger partial charge < -0.3 is 23.9 Å². The molecule has 7 nitrogen and oxygen atoms in total. The summed E-state index contributed by atoms with van der Waals surface area (Å²) in [7, 11) is 3.20. The third-order valence-corrected chi connectivity index (χ3v) is 5.54. The van der Waals surface area contributed by atoms with Crippen molar-refractivity contribution in [3.63, 3.8) is 0 Å². The summed E-state index contributed by atoms with van der Waals surface area (Å²) in [6.45, 7) is 5.13. The van der Waals surface area contributed by atoms with Crippen LogP contribution in [0.1, 0.15) is 30.1 Å². The van der Waals surface area contributed by atoms with Crippen LogP contribution in [0.4, 0.5) is 0 Å². The molecule has 1 unspecified atom stereocenters. The number of aromatic nitrogens is 3. The summed E-state index contributed by atoms with van der Waals surface area (Å²) in [5.41, 5.74) is 0.956. The van der Waals surface area contributed by atoms with Gasteiger partial charge in [0, 0.05) is 18.2 Å². The van der Waals surface area contributed by atoms with Crippen molar-refractivity contribution in [2.45, 2.75) is 43.2 Å². The summed E-state index contributed by atoms with van der Waals surface area (Å²) in [6.07, 6.45) is 3.60. The highest BCUT2D eigenvalue weighted by Crippen LogP contribution is 2.40. The Hall–Kier alpha value is -2.03. The van der Waals surface area contributed by atoms with Crippen LogP contribution in [0.15, 0.2) is 36.0 Å². The number of nitrogens with zero attached hydrogens (tertiary/aromatic N) is 3. The zero-order chi connectivity index (χ0) is 19.9. The van der Waals surface area contributed by atoms with E-state index in [9.17, 15) is 5.11 Å². The smallest absolute Gasteiger partial charge is 0.191 e. The lowest BCUT2D eigenvalue weighted by molar-refractivity contribution is 0.0397. The van der Waals surface area contributed by atoms with Crippen molar-refractivity contribution < 1.29 is 19.3 Å². The normalized spacial score (nSPS) is 14.7. The van der Waals surface area contributed by atoms with Gasteiger partial charge in [-0.25, -0.2) is 0 Å². The van der Waals surface area contributed by atoms with Crippen LogP contribution in [0.5, 0.6) is 11.5 Å². The third kappa shape index (κ3) is 5.27. The van der Waals surface area contributed by atoms with Gasteiger partial charge in [-0.15, -0.1) is 16.8 Å². The Morgan fingerprint density at radius 1 is 1.29 bits per heavy atom. The van der Waals surface area contributed by atoms with Gasteiger partial charge in [0.1, 0.15) is 5.82 Å². The summed E-state index contributed by atoms with van der Waals surface area (Å²) in [4.78, 5) is 0. The minimum Gasteiger partial charge on any atom is -0.493 e. The van der Waals surface area contributed by atoms with Crippen LogP contribution in [0.2, 0.25) is 0 Å². The van der Waals surface area contributed by atoms with Gasteiger partial charge in [-0.05, 0) is 30.5 Å². The number of rotatable bonds is 12. The Kier molecular flexibility index (Phi) is 7.36. The molecule has 1 atom stereocenters. The van der Waals surface area contributed by atoms with E-state index in [0.29, 0.717) is 36.3 Å². The molecule has 1 heterocycles. The fraction of sp³-hybridized carbons (Fsp3) is 0.500. The van der Waals surface area contributed by atoms with Gasteiger partial charge in [0.05, 0.1) is 33.5 Å². The first-order valence-corrected chi connectivity index (χ1v) is 10.3. The average Bonchev–Trinajstić information content (AvgIpc) is 3.48. The van der Waals surface area contributed by atoms with E-state index in [0.717, 1.165) is 16.5 Å². The fourth-order valence-electron chi connectivity index (χ4n) is 2.85. The number of hydrogen-bond acceptors (Lipinski definition) is 7. The number of allylic oxidation sites excluding steroid dienone is 1. The molecule has 1 fully saturated rings.